The Balaban J connectivity index is 1.79. The molecule has 2 aromatic carbocycles. The smallest absolute Gasteiger partial charge is 0.255 e. The molecule has 3 aromatic rings. The average molecular weight is 346 g/mol. The number of nitrogens with one attached hydrogen (secondary N) is 1. The van der Waals surface area contributed by atoms with E-state index in [9.17, 15) is 4.79 Å². The van der Waals surface area contributed by atoms with Gasteiger partial charge >= 0.3 is 0 Å². The van der Waals surface area contributed by atoms with E-state index >= 15 is 0 Å². The Morgan fingerprint density at radius 2 is 1.76 bits per heavy atom. The molecule has 4 rings (SSSR count). The molecule has 5 nitrogen and oxygen atoms in total. The number of benzene rings is 2. The molecular formula is C19H14N4OS. The van der Waals surface area contributed by atoms with Gasteiger partial charge in [0.25, 0.3) is 5.91 Å². The second-order valence-corrected chi connectivity index (χ2v) is 6.48. The van der Waals surface area contributed by atoms with E-state index in [1.54, 1.807) is 6.20 Å². The highest BCUT2D eigenvalue weighted by Gasteiger charge is 2.25. The van der Waals surface area contributed by atoms with Gasteiger partial charge in [-0.15, -0.1) is 0 Å². The van der Waals surface area contributed by atoms with E-state index in [0.717, 1.165) is 21.8 Å². The van der Waals surface area contributed by atoms with Crippen molar-refractivity contribution in [1.82, 2.24) is 9.97 Å². The largest absolute Gasteiger partial charge is 0.365 e. The topological polar surface area (TPSA) is 80.9 Å². The van der Waals surface area contributed by atoms with Crippen LogP contribution in [0.25, 0.3) is 16.8 Å². The van der Waals surface area contributed by atoms with Crippen LogP contribution in [0.2, 0.25) is 0 Å². The standard InChI is InChI=1S/C19H14N4OS/c20-17(24)16(19-23-14-8-4-5-9-15(14)25-19)18-21-11-10-13(22-18)12-6-2-1-3-7-12/h1-11,23H,(H2,20,24)/b19-16-. The predicted molar refractivity (Wildman–Crippen MR) is 99.5 cm³/mol. The van der Waals surface area contributed by atoms with Crippen molar-refractivity contribution in [2.45, 2.75) is 4.90 Å². The maximum Gasteiger partial charge on any atom is 0.255 e. The zero-order valence-corrected chi connectivity index (χ0v) is 14.0. The molecule has 3 N–H and O–H groups in total. The molecule has 0 spiro atoms. The molecule has 2 heterocycles. The molecule has 25 heavy (non-hydrogen) atoms. The van der Waals surface area contributed by atoms with E-state index in [-0.39, 0.29) is 0 Å². The van der Waals surface area contributed by atoms with E-state index < -0.39 is 5.91 Å². The van der Waals surface area contributed by atoms with E-state index in [0.29, 0.717) is 16.4 Å². The molecule has 0 bridgehead atoms. The first-order chi connectivity index (χ1) is 12.2. The third kappa shape index (κ3) is 2.99. The van der Waals surface area contributed by atoms with Gasteiger partial charge in [-0.1, -0.05) is 54.2 Å². The van der Waals surface area contributed by atoms with Crippen molar-refractivity contribution < 1.29 is 4.79 Å². The Morgan fingerprint density at radius 1 is 1.00 bits per heavy atom. The summed E-state index contributed by atoms with van der Waals surface area (Å²) in [5, 5.41) is 3.89. The number of primary amides is 1. The fraction of sp³-hybridized carbons (Fsp3) is 0. The molecule has 0 unspecified atom stereocenters. The van der Waals surface area contributed by atoms with Gasteiger partial charge < -0.3 is 11.1 Å². The summed E-state index contributed by atoms with van der Waals surface area (Å²) in [6.45, 7) is 0. The lowest BCUT2D eigenvalue weighted by atomic mass is 10.1. The minimum Gasteiger partial charge on any atom is -0.365 e. The number of nitrogens with two attached hydrogens (primary N) is 1. The molecule has 0 saturated carbocycles. The summed E-state index contributed by atoms with van der Waals surface area (Å²) in [4.78, 5) is 22.0. The van der Waals surface area contributed by atoms with E-state index in [1.165, 1.54) is 11.8 Å². The number of nitrogens with zero attached hydrogens (tertiary/aromatic N) is 2. The second kappa shape index (κ2) is 6.41. The summed E-state index contributed by atoms with van der Waals surface area (Å²) in [5.41, 5.74) is 8.57. The van der Waals surface area contributed by atoms with Gasteiger partial charge in [-0.25, -0.2) is 9.97 Å². The van der Waals surface area contributed by atoms with Gasteiger partial charge in [0.15, 0.2) is 5.82 Å². The number of hydrogen-bond donors (Lipinski definition) is 2. The zero-order chi connectivity index (χ0) is 17.2. The monoisotopic (exact) mass is 346 g/mol. The highest BCUT2D eigenvalue weighted by Crippen LogP contribution is 2.43. The van der Waals surface area contributed by atoms with E-state index in [2.05, 4.69) is 15.3 Å². The maximum atomic E-state index is 12.1. The Kier molecular flexibility index (Phi) is 3.95. The molecule has 6 heteroatoms. The molecule has 122 valence electrons. The summed E-state index contributed by atoms with van der Waals surface area (Å²) < 4.78 is 0. The molecule has 1 amide bonds. The SMILES string of the molecule is NC(=O)/C(=C1\Nc2ccccc2S1)c1nccc(-c2ccccc2)n1. The minimum atomic E-state index is -0.562. The van der Waals surface area contributed by atoms with Crippen LogP contribution in [-0.2, 0) is 4.79 Å². The molecule has 0 radical (unpaired) electrons. The average Bonchev–Trinajstić information content (AvgIpc) is 3.06. The van der Waals surface area contributed by atoms with Crippen LogP contribution in [0, 0.1) is 0 Å². The summed E-state index contributed by atoms with van der Waals surface area (Å²) in [7, 11) is 0. The third-order valence-corrected chi connectivity index (χ3v) is 4.86. The number of thioether (sulfide) groups is 1. The summed E-state index contributed by atoms with van der Waals surface area (Å²) in [6.07, 6.45) is 1.64. The normalized spacial score (nSPS) is 14.6. The van der Waals surface area contributed by atoms with Crippen LogP contribution in [0.15, 0.2) is 76.8 Å². The number of fused-ring (bicyclic) bond motifs is 1. The molecule has 1 aromatic heterocycles. The Bertz CT molecular complexity index is 958. The minimum absolute atomic E-state index is 0.291. The lowest BCUT2D eigenvalue weighted by molar-refractivity contribution is -0.112. The van der Waals surface area contributed by atoms with Crippen molar-refractivity contribution in [2.75, 3.05) is 5.32 Å². The maximum absolute atomic E-state index is 12.1. The van der Waals surface area contributed by atoms with Crippen molar-refractivity contribution in [3.05, 3.63) is 77.7 Å². The van der Waals surface area contributed by atoms with Gasteiger partial charge in [0.1, 0.15) is 5.57 Å². The van der Waals surface area contributed by atoms with Crippen LogP contribution < -0.4 is 11.1 Å². The van der Waals surface area contributed by atoms with E-state index in [4.69, 9.17) is 5.73 Å². The molecule has 0 saturated heterocycles. The molecule has 0 atom stereocenters. The second-order valence-electron chi connectivity index (χ2n) is 5.42. The first-order valence-corrected chi connectivity index (χ1v) is 8.51. The predicted octanol–water partition coefficient (Wildman–Crippen LogP) is 3.52. The van der Waals surface area contributed by atoms with Crippen LogP contribution in [0.5, 0.6) is 0 Å². The van der Waals surface area contributed by atoms with Crippen molar-refractivity contribution in [2.24, 2.45) is 5.73 Å². The molecule has 0 fully saturated rings. The number of carbonyl (C=O) groups excluding carboxylic acids is 1. The van der Waals surface area contributed by atoms with Gasteiger partial charge in [-0.2, -0.15) is 0 Å². The van der Waals surface area contributed by atoms with Gasteiger partial charge in [0, 0.05) is 16.7 Å². The Labute approximate surface area is 149 Å². The molecular weight excluding hydrogens is 332 g/mol. The van der Waals surface area contributed by atoms with E-state index in [1.807, 2.05) is 60.7 Å². The number of rotatable bonds is 3. The summed E-state index contributed by atoms with van der Waals surface area (Å²) in [6, 6.07) is 19.4. The van der Waals surface area contributed by atoms with Crippen molar-refractivity contribution in [3.63, 3.8) is 0 Å². The first-order valence-electron chi connectivity index (χ1n) is 7.69. The van der Waals surface area contributed by atoms with Crippen molar-refractivity contribution in [3.8, 4) is 11.3 Å². The van der Waals surface area contributed by atoms with Gasteiger partial charge in [0.05, 0.1) is 16.4 Å². The first kappa shape index (κ1) is 15.4. The Hall–Kier alpha value is -3.12. The molecule has 0 aliphatic carbocycles. The lowest BCUT2D eigenvalue weighted by Gasteiger charge is -2.08. The zero-order valence-electron chi connectivity index (χ0n) is 13.1. The number of anilines is 1. The highest BCUT2D eigenvalue weighted by atomic mass is 32.2. The van der Waals surface area contributed by atoms with Crippen molar-refractivity contribution in [1.29, 1.82) is 0 Å². The number of aromatic nitrogens is 2. The summed E-state index contributed by atoms with van der Waals surface area (Å²) in [5.74, 6) is -0.246. The third-order valence-electron chi connectivity index (χ3n) is 3.77. The number of hydrogen-bond acceptors (Lipinski definition) is 5. The number of para-hydroxylation sites is 1. The van der Waals surface area contributed by atoms with Crippen LogP contribution in [0.4, 0.5) is 5.69 Å². The van der Waals surface area contributed by atoms with Gasteiger partial charge in [0.2, 0.25) is 0 Å². The van der Waals surface area contributed by atoms with Crippen LogP contribution in [0.1, 0.15) is 5.82 Å². The summed E-state index contributed by atoms with van der Waals surface area (Å²) >= 11 is 1.46. The fourth-order valence-electron chi connectivity index (χ4n) is 2.60. The molecule has 1 aliphatic rings. The highest BCUT2D eigenvalue weighted by molar-refractivity contribution is 8.04. The van der Waals surface area contributed by atoms with Gasteiger partial charge in [-0.3, -0.25) is 4.79 Å². The van der Waals surface area contributed by atoms with Crippen LogP contribution in [0.3, 0.4) is 0 Å². The van der Waals surface area contributed by atoms with Crippen LogP contribution in [-0.4, -0.2) is 15.9 Å². The number of carbonyl (C=O) groups is 1. The lowest BCUT2D eigenvalue weighted by Crippen LogP contribution is -2.17. The molecule has 1 aliphatic heterocycles. The fourth-order valence-corrected chi connectivity index (χ4v) is 3.65. The number of amides is 1. The van der Waals surface area contributed by atoms with Crippen LogP contribution >= 0.6 is 11.8 Å². The van der Waals surface area contributed by atoms with Crippen molar-refractivity contribution >= 4 is 28.9 Å². The Morgan fingerprint density at radius 3 is 2.52 bits per heavy atom. The van der Waals surface area contributed by atoms with Gasteiger partial charge in [-0.05, 0) is 18.2 Å². The quantitative estimate of drug-likeness (QED) is 0.709.